The minimum Gasteiger partial charge on any atom is -0.303 e. The van der Waals surface area contributed by atoms with Crippen molar-refractivity contribution < 1.29 is 14.6 Å². The van der Waals surface area contributed by atoms with Gasteiger partial charge in [-0.1, -0.05) is 26.0 Å². The number of hydrogen-bond acceptors (Lipinski definition) is 5. The molecule has 0 spiro atoms. The van der Waals surface area contributed by atoms with E-state index in [2.05, 4.69) is 0 Å². The summed E-state index contributed by atoms with van der Waals surface area (Å²) in [5.41, 5.74) is -0.696. The Bertz CT molecular complexity index is 513. The summed E-state index contributed by atoms with van der Waals surface area (Å²) in [6.45, 7) is 2.70. The first-order chi connectivity index (χ1) is 8.77. The van der Waals surface area contributed by atoms with Crippen molar-refractivity contribution in [3.8, 4) is 0 Å². The molecule has 0 fully saturated rings. The molecular weight excluding hydrogens is 252 g/mol. The van der Waals surface area contributed by atoms with Gasteiger partial charge < -0.3 is 4.79 Å². The van der Waals surface area contributed by atoms with Crippen molar-refractivity contribution in [1.82, 2.24) is 0 Å². The lowest BCUT2D eigenvalue weighted by atomic mass is 9.76. The SMILES string of the molecule is CC(C)(C=O)[C@@H](C[N+](=O)[O-])c1cccc([N+](=O)[O-])c1. The fraction of sp³-hybridized carbons (Fsp3) is 0.417. The van der Waals surface area contributed by atoms with Crippen LogP contribution in [0.3, 0.4) is 0 Å². The van der Waals surface area contributed by atoms with E-state index in [9.17, 15) is 25.0 Å². The highest BCUT2D eigenvalue weighted by Crippen LogP contribution is 2.35. The minimum absolute atomic E-state index is 0.146. The average molecular weight is 266 g/mol. The van der Waals surface area contributed by atoms with Crippen LogP contribution in [0.5, 0.6) is 0 Å². The molecule has 0 bridgehead atoms. The number of nitro benzene ring substituents is 1. The van der Waals surface area contributed by atoms with Gasteiger partial charge in [0, 0.05) is 22.5 Å². The normalized spacial score (nSPS) is 12.7. The summed E-state index contributed by atoms with van der Waals surface area (Å²) >= 11 is 0. The van der Waals surface area contributed by atoms with Crippen molar-refractivity contribution in [2.45, 2.75) is 19.8 Å². The number of aldehydes is 1. The second-order valence-electron chi connectivity index (χ2n) is 4.86. The van der Waals surface area contributed by atoms with Crippen LogP contribution in [-0.4, -0.2) is 22.7 Å². The molecule has 0 saturated carbocycles. The smallest absolute Gasteiger partial charge is 0.269 e. The van der Waals surface area contributed by atoms with Crippen molar-refractivity contribution in [1.29, 1.82) is 0 Å². The Morgan fingerprint density at radius 2 is 1.95 bits per heavy atom. The third kappa shape index (κ3) is 3.57. The number of carbonyl (C=O) groups is 1. The summed E-state index contributed by atoms with van der Waals surface area (Å²) < 4.78 is 0. The van der Waals surface area contributed by atoms with E-state index in [1.807, 2.05) is 0 Å². The molecule has 0 unspecified atom stereocenters. The monoisotopic (exact) mass is 266 g/mol. The Balaban J connectivity index is 3.24. The van der Waals surface area contributed by atoms with Crippen LogP contribution in [0.25, 0.3) is 0 Å². The molecule has 0 amide bonds. The van der Waals surface area contributed by atoms with Gasteiger partial charge in [0.2, 0.25) is 6.54 Å². The molecule has 19 heavy (non-hydrogen) atoms. The third-order valence-corrected chi connectivity index (χ3v) is 3.02. The van der Waals surface area contributed by atoms with E-state index < -0.39 is 27.7 Å². The summed E-state index contributed by atoms with van der Waals surface area (Å²) in [4.78, 5) is 31.4. The van der Waals surface area contributed by atoms with Gasteiger partial charge in [0.05, 0.1) is 10.8 Å². The highest BCUT2D eigenvalue weighted by molar-refractivity contribution is 5.60. The lowest BCUT2D eigenvalue weighted by Crippen LogP contribution is -2.29. The number of nitro groups is 2. The second kappa shape index (κ2) is 5.55. The largest absolute Gasteiger partial charge is 0.303 e. The number of hydrogen-bond donors (Lipinski definition) is 0. The van der Waals surface area contributed by atoms with Crippen LogP contribution in [0.15, 0.2) is 24.3 Å². The first kappa shape index (κ1) is 14.7. The quantitative estimate of drug-likeness (QED) is 0.446. The van der Waals surface area contributed by atoms with Crippen LogP contribution in [0.1, 0.15) is 25.3 Å². The molecule has 1 aromatic carbocycles. The van der Waals surface area contributed by atoms with Crippen LogP contribution in [0.4, 0.5) is 5.69 Å². The number of carbonyl (C=O) groups excluding carboxylic acids is 1. The molecule has 1 atom stereocenters. The number of rotatable bonds is 6. The standard InChI is InChI=1S/C12H14N2O5/c1-12(2,8-15)11(7-13(16)17)9-4-3-5-10(6-9)14(18)19/h3-6,8,11H,7H2,1-2H3/t11-/m0/s1. The van der Waals surface area contributed by atoms with Gasteiger partial charge in [-0.2, -0.15) is 0 Å². The minimum atomic E-state index is -0.970. The maximum Gasteiger partial charge on any atom is 0.269 e. The van der Waals surface area contributed by atoms with E-state index in [1.54, 1.807) is 19.9 Å². The van der Waals surface area contributed by atoms with Gasteiger partial charge in [0.25, 0.3) is 5.69 Å². The van der Waals surface area contributed by atoms with Gasteiger partial charge in [-0.05, 0) is 5.56 Å². The van der Waals surface area contributed by atoms with E-state index in [0.717, 1.165) is 0 Å². The first-order valence-corrected chi connectivity index (χ1v) is 5.60. The molecule has 7 heteroatoms. The molecule has 7 nitrogen and oxygen atoms in total. The molecule has 0 N–H and O–H groups in total. The van der Waals surface area contributed by atoms with Crippen LogP contribution in [0, 0.1) is 25.6 Å². The molecule has 0 aliphatic heterocycles. The van der Waals surface area contributed by atoms with Crippen LogP contribution >= 0.6 is 0 Å². The molecule has 1 rings (SSSR count). The summed E-state index contributed by atoms with van der Waals surface area (Å²) in [7, 11) is 0. The van der Waals surface area contributed by atoms with Gasteiger partial charge in [0.1, 0.15) is 6.29 Å². The van der Waals surface area contributed by atoms with Crippen molar-refractivity contribution >= 4 is 12.0 Å². The molecule has 0 saturated heterocycles. The molecule has 0 radical (unpaired) electrons. The zero-order chi connectivity index (χ0) is 14.6. The topological polar surface area (TPSA) is 103 Å². The number of benzene rings is 1. The van der Waals surface area contributed by atoms with Gasteiger partial charge in [0.15, 0.2) is 0 Å². The maximum absolute atomic E-state index is 11.1. The zero-order valence-electron chi connectivity index (χ0n) is 10.6. The predicted octanol–water partition coefficient (Wildman–Crippen LogP) is 2.18. The van der Waals surface area contributed by atoms with E-state index in [1.165, 1.54) is 18.2 Å². The first-order valence-electron chi connectivity index (χ1n) is 5.60. The molecule has 0 aliphatic rings. The van der Waals surface area contributed by atoms with Crippen LogP contribution in [-0.2, 0) is 4.79 Å². The maximum atomic E-state index is 11.1. The van der Waals surface area contributed by atoms with Crippen molar-refractivity contribution in [2.75, 3.05) is 6.54 Å². The summed E-state index contributed by atoms with van der Waals surface area (Å²) in [6.07, 6.45) is 0.639. The number of non-ortho nitro benzene ring substituents is 1. The van der Waals surface area contributed by atoms with E-state index in [0.29, 0.717) is 11.8 Å². The lowest BCUT2D eigenvalue weighted by molar-refractivity contribution is -0.485. The molecule has 0 heterocycles. The van der Waals surface area contributed by atoms with Crippen molar-refractivity contribution in [3.63, 3.8) is 0 Å². The Morgan fingerprint density at radius 3 is 2.42 bits per heavy atom. The fourth-order valence-corrected chi connectivity index (χ4v) is 1.86. The summed E-state index contributed by atoms with van der Waals surface area (Å²) in [5.74, 6) is -0.708. The van der Waals surface area contributed by atoms with E-state index >= 15 is 0 Å². The van der Waals surface area contributed by atoms with Crippen LogP contribution < -0.4 is 0 Å². The second-order valence-corrected chi connectivity index (χ2v) is 4.86. The van der Waals surface area contributed by atoms with Crippen molar-refractivity contribution in [3.05, 3.63) is 50.1 Å². The van der Waals surface area contributed by atoms with Gasteiger partial charge >= 0.3 is 0 Å². The Hall–Kier alpha value is -2.31. The Kier molecular flexibility index (Phi) is 4.31. The number of nitrogens with zero attached hydrogens (tertiary/aromatic N) is 2. The van der Waals surface area contributed by atoms with E-state index in [-0.39, 0.29) is 5.69 Å². The van der Waals surface area contributed by atoms with Gasteiger partial charge in [-0.3, -0.25) is 20.2 Å². The Labute approximate surface area is 109 Å². The summed E-state index contributed by atoms with van der Waals surface area (Å²) in [5, 5.41) is 21.4. The highest BCUT2D eigenvalue weighted by atomic mass is 16.6. The van der Waals surface area contributed by atoms with Gasteiger partial charge in [-0.15, -0.1) is 0 Å². The van der Waals surface area contributed by atoms with E-state index in [4.69, 9.17) is 0 Å². The van der Waals surface area contributed by atoms with Crippen LogP contribution in [0.2, 0.25) is 0 Å². The lowest BCUT2D eigenvalue weighted by Gasteiger charge is -2.26. The zero-order valence-corrected chi connectivity index (χ0v) is 10.6. The molecule has 1 aromatic rings. The average Bonchev–Trinajstić information content (AvgIpc) is 2.35. The molecule has 102 valence electrons. The summed E-state index contributed by atoms with van der Waals surface area (Å²) in [6, 6.07) is 5.60. The van der Waals surface area contributed by atoms with Crippen molar-refractivity contribution in [2.24, 2.45) is 5.41 Å². The fourth-order valence-electron chi connectivity index (χ4n) is 1.86. The van der Waals surface area contributed by atoms with Gasteiger partial charge in [-0.25, -0.2) is 0 Å². The Morgan fingerprint density at radius 1 is 1.32 bits per heavy atom. The highest BCUT2D eigenvalue weighted by Gasteiger charge is 2.35. The molecular formula is C12H14N2O5. The predicted molar refractivity (Wildman–Crippen MR) is 67.5 cm³/mol. The molecule has 0 aliphatic carbocycles. The third-order valence-electron chi connectivity index (χ3n) is 3.02. The molecule has 0 aromatic heterocycles.